The van der Waals surface area contributed by atoms with Crippen LogP contribution in [0.5, 0.6) is 0 Å². The molecule has 3 nitrogen and oxygen atoms in total. The summed E-state index contributed by atoms with van der Waals surface area (Å²) in [6.07, 6.45) is 1.38. The molecule has 74 valence electrons. The summed E-state index contributed by atoms with van der Waals surface area (Å²) in [7, 11) is 0. The molecule has 2 atom stereocenters. The van der Waals surface area contributed by atoms with E-state index in [4.69, 9.17) is 10.00 Å². The van der Waals surface area contributed by atoms with Gasteiger partial charge >= 0.3 is 0 Å². The van der Waals surface area contributed by atoms with Gasteiger partial charge in [-0.05, 0) is 26.7 Å². The van der Waals surface area contributed by atoms with Crippen molar-refractivity contribution in [3.05, 3.63) is 0 Å². The quantitative estimate of drug-likeness (QED) is 0.702. The first kappa shape index (κ1) is 10.5. The maximum Gasteiger partial charge on any atom is 0.0779 e. The van der Waals surface area contributed by atoms with Crippen molar-refractivity contribution in [1.29, 1.82) is 5.26 Å². The molecule has 0 saturated carbocycles. The largest absolute Gasteiger partial charge is 0.391 e. The van der Waals surface area contributed by atoms with Crippen LogP contribution in [0.2, 0.25) is 0 Å². The zero-order valence-corrected chi connectivity index (χ0v) is 8.29. The highest BCUT2D eigenvalue weighted by Gasteiger charge is 2.35. The molecule has 0 spiro atoms. The lowest BCUT2D eigenvalue weighted by atomic mass is 9.79. The van der Waals surface area contributed by atoms with E-state index >= 15 is 0 Å². The van der Waals surface area contributed by atoms with E-state index in [0.717, 1.165) is 19.4 Å². The lowest BCUT2D eigenvalue weighted by Crippen LogP contribution is -2.39. The van der Waals surface area contributed by atoms with Crippen molar-refractivity contribution in [3.8, 4) is 6.07 Å². The average Bonchev–Trinajstić information content (AvgIpc) is 2.18. The molecular weight excluding hydrogens is 166 g/mol. The van der Waals surface area contributed by atoms with Crippen LogP contribution in [0.25, 0.3) is 0 Å². The maximum atomic E-state index is 9.90. The van der Waals surface area contributed by atoms with Crippen LogP contribution in [0, 0.1) is 22.7 Å². The first-order valence-corrected chi connectivity index (χ1v) is 4.75. The Morgan fingerprint density at radius 1 is 1.62 bits per heavy atom. The van der Waals surface area contributed by atoms with E-state index in [1.807, 2.05) is 0 Å². The van der Waals surface area contributed by atoms with E-state index in [2.05, 4.69) is 6.07 Å². The third kappa shape index (κ3) is 2.43. The van der Waals surface area contributed by atoms with Crippen LogP contribution < -0.4 is 0 Å². The molecule has 0 aliphatic carbocycles. The molecule has 0 amide bonds. The molecule has 0 bridgehead atoms. The second kappa shape index (κ2) is 4.08. The number of aliphatic hydroxyl groups is 1. The van der Waals surface area contributed by atoms with Crippen molar-refractivity contribution < 1.29 is 9.84 Å². The van der Waals surface area contributed by atoms with E-state index in [0.29, 0.717) is 6.61 Å². The fraction of sp³-hybridized carbons (Fsp3) is 0.900. The Kier molecular flexibility index (Phi) is 3.29. The summed E-state index contributed by atoms with van der Waals surface area (Å²) < 4.78 is 5.27. The van der Waals surface area contributed by atoms with E-state index in [1.54, 1.807) is 13.8 Å². The van der Waals surface area contributed by atoms with Crippen LogP contribution in [0.3, 0.4) is 0 Å². The van der Waals surface area contributed by atoms with E-state index in [-0.39, 0.29) is 5.92 Å². The van der Waals surface area contributed by atoms with Crippen LogP contribution in [0.1, 0.15) is 26.7 Å². The summed E-state index contributed by atoms with van der Waals surface area (Å²) in [5.74, 6) is 0.128. The molecule has 0 radical (unpaired) electrons. The zero-order chi connectivity index (χ0) is 9.90. The monoisotopic (exact) mass is 183 g/mol. The number of hydrogen-bond donors (Lipinski definition) is 1. The number of rotatable bonds is 2. The van der Waals surface area contributed by atoms with Gasteiger partial charge in [-0.25, -0.2) is 0 Å². The van der Waals surface area contributed by atoms with Crippen LogP contribution in [0.4, 0.5) is 0 Å². The van der Waals surface area contributed by atoms with E-state index in [1.165, 1.54) is 0 Å². The van der Waals surface area contributed by atoms with Gasteiger partial charge in [0.2, 0.25) is 0 Å². The lowest BCUT2D eigenvalue weighted by Gasteiger charge is -2.33. The van der Waals surface area contributed by atoms with Gasteiger partial charge in [0.15, 0.2) is 0 Å². The third-order valence-electron chi connectivity index (χ3n) is 2.67. The summed E-state index contributed by atoms with van der Waals surface area (Å²) in [5, 5.41) is 18.7. The topological polar surface area (TPSA) is 53.2 Å². The molecule has 1 aliphatic rings. The first-order valence-electron chi connectivity index (χ1n) is 4.75. The zero-order valence-electron chi connectivity index (χ0n) is 8.29. The van der Waals surface area contributed by atoms with E-state index < -0.39 is 11.5 Å². The van der Waals surface area contributed by atoms with Crippen molar-refractivity contribution in [3.63, 3.8) is 0 Å². The Labute approximate surface area is 79.3 Å². The smallest absolute Gasteiger partial charge is 0.0779 e. The molecule has 1 N–H and O–H groups in total. The minimum Gasteiger partial charge on any atom is -0.391 e. The number of hydrogen-bond acceptors (Lipinski definition) is 3. The molecule has 2 unspecified atom stereocenters. The fourth-order valence-electron chi connectivity index (χ4n) is 1.67. The highest BCUT2D eigenvalue weighted by Crippen LogP contribution is 2.29. The van der Waals surface area contributed by atoms with Gasteiger partial charge in [-0.3, -0.25) is 0 Å². The van der Waals surface area contributed by atoms with Crippen molar-refractivity contribution in [2.24, 2.45) is 11.3 Å². The Morgan fingerprint density at radius 2 is 2.31 bits per heavy atom. The van der Waals surface area contributed by atoms with Crippen molar-refractivity contribution >= 4 is 0 Å². The van der Waals surface area contributed by atoms with Gasteiger partial charge in [-0.1, -0.05) is 0 Å². The molecule has 0 aromatic heterocycles. The van der Waals surface area contributed by atoms with Gasteiger partial charge < -0.3 is 9.84 Å². The van der Waals surface area contributed by atoms with Crippen molar-refractivity contribution in [1.82, 2.24) is 0 Å². The highest BCUT2D eigenvalue weighted by atomic mass is 16.5. The second-order valence-electron chi connectivity index (χ2n) is 4.26. The van der Waals surface area contributed by atoms with Gasteiger partial charge in [-0.15, -0.1) is 0 Å². The van der Waals surface area contributed by atoms with Gasteiger partial charge in [0.05, 0.1) is 24.2 Å². The molecule has 1 heterocycles. The Morgan fingerprint density at radius 3 is 2.77 bits per heavy atom. The fourth-order valence-corrected chi connectivity index (χ4v) is 1.67. The maximum absolute atomic E-state index is 9.90. The lowest BCUT2D eigenvalue weighted by molar-refractivity contribution is -0.0427. The highest BCUT2D eigenvalue weighted by molar-refractivity contribution is 4.99. The predicted molar refractivity (Wildman–Crippen MR) is 48.9 cm³/mol. The summed E-state index contributed by atoms with van der Waals surface area (Å²) in [5.41, 5.74) is -0.661. The molecule has 0 aromatic carbocycles. The number of nitriles is 1. The average molecular weight is 183 g/mol. The normalized spacial score (nSPS) is 26.5. The number of aliphatic hydroxyl groups excluding tert-OH is 1. The standard InChI is InChI=1S/C10H17NO2/c1-10(2,7-11)9(12)8-4-3-5-13-6-8/h8-9,12H,3-6H2,1-2H3. The molecule has 1 saturated heterocycles. The molecular formula is C10H17NO2. The summed E-state index contributed by atoms with van der Waals surface area (Å²) >= 11 is 0. The summed E-state index contributed by atoms with van der Waals surface area (Å²) in [6.45, 7) is 4.92. The Balaban J connectivity index is 2.55. The SMILES string of the molecule is CC(C)(C#N)C(O)C1CCCOC1. The van der Waals surface area contributed by atoms with Crippen molar-refractivity contribution in [2.45, 2.75) is 32.8 Å². The predicted octanol–water partition coefficient (Wildman–Crippen LogP) is 1.32. The first-order chi connectivity index (χ1) is 6.08. The Hall–Kier alpha value is -0.590. The molecule has 1 aliphatic heterocycles. The second-order valence-corrected chi connectivity index (χ2v) is 4.26. The van der Waals surface area contributed by atoms with Crippen LogP contribution in [-0.2, 0) is 4.74 Å². The minimum absolute atomic E-state index is 0.128. The van der Waals surface area contributed by atoms with Crippen LogP contribution >= 0.6 is 0 Å². The Bertz CT molecular complexity index is 201. The van der Waals surface area contributed by atoms with Gasteiger partial charge in [0.25, 0.3) is 0 Å². The van der Waals surface area contributed by atoms with Crippen LogP contribution in [0.15, 0.2) is 0 Å². The number of ether oxygens (including phenoxy) is 1. The molecule has 0 aromatic rings. The van der Waals surface area contributed by atoms with Crippen LogP contribution in [-0.4, -0.2) is 24.4 Å². The van der Waals surface area contributed by atoms with Gasteiger partial charge in [-0.2, -0.15) is 5.26 Å². The number of nitrogens with zero attached hydrogens (tertiary/aromatic N) is 1. The van der Waals surface area contributed by atoms with Gasteiger partial charge in [0, 0.05) is 12.5 Å². The minimum atomic E-state index is -0.661. The van der Waals surface area contributed by atoms with Crippen molar-refractivity contribution in [2.75, 3.05) is 13.2 Å². The summed E-state index contributed by atoms with van der Waals surface area (Å²) in [6, 6.07) is 2.13. The molecule has 3 heteroatoms. The summed E-state index contributed by atoms with van der Waals surface area (Å²) in [4.78, 5) is 0. The molecule has 13 heavy (non-hydrogen) atoms. The van der Waals surface area contributed by atoms with E-state index in [9.17, 15) is 5.11 Å². The molecule has 1 rings (SSSR count). The molecule has 1 fully saturated rings. The van der Waals surface area contributed by atoms with Gasteiger partial charge in [0.1, 0.15) is 0 Å². The third-order valence-corrected chi connectivity index (χ3v) is 2.67.